The highest BCUT2D eigenvalue weighted by atomic mass is 35.5. The van der Waals surface area contributed by atoms with E-state index in [4.69, 9.17) is 26.8 Å². The molecule has 0 radical (unpaired) electrons. The summed E-state index contributed by atoms with van der Waals surface area (Å²) in [5.41, 5.74) is 7.08. The van der Waals surface area contributed by atoms with E-state index in [1.165, 1.54) is 50.6 Å². The summed E-state index contributed by atoms with van der Waals surface area (Å²) in [5.74, 6) is -0.263. The fraction of sp³-hybridized carbons (Fsp3) is 0.160. The Morgan fingerprint density at radius 3 is 2.09 bits per heavy atom. The molecule has 0 aromatic heterocycles. The first kappa shape index (κ1) is 29.0. The smallest absolute Gasteiger partial charge is 0.258 e. The van der Waals surface area contributed by atoms with E-state index in [0.717, 1.165) is 0 Å². The van der Waals surface area contributed by atoms with Gasteiger partial charge in [-0.3, -0.25) is 14.9 Å². The standard InChI is InChI=1S/C23H23ClN4O4.C2H6O/c1-5-7-15(6-2)26-22(30)19-12-16(8-9-20(19)24)27-23(25)28-21(29)14-10-17(31-3)13-18(11-14)32-4;1-3-2/h5-13H,1-2H2,3-4H3,(H,26,30)(H3,25,27,28,29);1-2H3/b15-7+;. The fourth-order valence-corrected chi connectivity index (χ4v) is 2.74. The predicted octanol–water partition coefficient (Wildman–Crippen LogP) is 3.98. The maximum absolute atomic E-state index is 12.5. The molecule has 0 heterocycles. The Morgan fingerprint density at radius 1 is 0.971 bits per heavy atom. The Bertz CT molecular complexity index is 1110. The van der Waals surface area contributed by atoms with Crippen LogP contribution in [0.4, 0.5) is 5.69 Å². The molecule has 2 aromatic rings. The minimum absolute atomic E-state index is 0.168. The summed E-state index contributed by atoms with van der Waals surface area (Å²) in [6.45, 7) is 7.20. The Morgan fingerprint density at radius 2 is 1.57 bits per heavy atom. The molecule has 2 amide bonds. The van der Waals surface area contributed by atoms with Crippen molar-refractivity contribution in [2.24, 2.45) is 10.7 Å². The molecule has 0 fully saturated rings. The molecule has 0 saturated heterocycles. The first-order valence-corrected chi connectivity index (χ1v) is 10.4. The zero-order valence-electron chi connectivity index (χ0n) is 20.1. The molecule has 10 heteroatoms. The van der Waals surface area contributed by atoms with E-state index >= 15 is 0 Å². The van der Waals surface area contributed by atoms with Gasteiger partial charge in [-0.2, -0.15) is 0 Å². The second kappa shape index (κ2) is 14.9. The third kappa shape index (κ3) is 9.36. The lowest BCUT2D eigenvalue weighted by Crippen LogP contribution is -2.36. The van der Waals surface area contributed by atoms with Gasteiger partial charge in [-0.1, -0.05) is 30.8 Å². The van der Waals surface area contributed by atoms with Gasteiger partial charge in [0.05, 0.1) is 30.5 Å². The van der Waals surface area contributed by atoms with E-state index in [9.17, 15) is 9.59 Å². The van der Waals surface area contributed by atoms with Crippen LogP contribution in [0, 0.1) is 0 Å². The van der Waals surface area contributed by atoms with Gasteiger partial charge in [-0.05, 0) is 42.5 Å². The number of halogens is 1. The van der Waals surface area contributed by atoms with Crippen LogP contribution in [0.25, 0.3) is 0 Å². The average Bonchev–Trinajstić information content (AvgIpc) is 2.84. The monoisotopic (exact) mass is 500 g/mol. The molecule has 186 valence electrons. The van der Waals surface area contributed by atoms with E-state index in [1.807, 2.05) is 0 Å². The maximum Gasteiger partial charge on any atom is 0.258 e. The fourth-order valence-electron chi connectivity index (χ4n) is 2.54. The average molecular weight is 501 g/mol. The number of rotatable bonds is 8. The summed E-state index contributed by atoms with van der Waals surface area (Å²) in [4.78, 5) is 29.2. The third-order valence-electron chi connectivity index (χ3n) is 4.07. The number of ether oxygens (including phenoxy) is 3. The molecule has 0 saturated carbocycles. The van der Waals surface area contributed by atoms with Crippen LogP contribution in [0.5, 0.6) is 11.5 Å². The van der Waals surface area contributed by atoms with Gasteiger partial charge in [0, 0.05) is 31.5 Å². The molecule has 2 aromatic carbocycles. The van der Waals surface area contributed by atoms with Gasteiger partial charge in [0.1, 0.15) is 11.5 Å². The number of guanidine groups is 1. The summed E-state index contributed by atoms with van der Waals surface area (Å²) >= 11 is 6.15. The first-order valence-electron chi connectivity index (χ1n) is 10.1. The highest BCUT2D eigenvalue weighted by Crippen LogP contribution is 2.24. The molecule has 0 aliphatic carbocycles. The minimum atomic E-state index is -0.513. The van der Waals surface area contributed by atoms with Crippen molar-refractivity contribution in [3.05, 3.63) is 89.6 Å². The number of nitrogens with zero attached hydrogens (tertiary/aromatic N) is 1. The number of carbonyl (C=O) groups is 2. The van der Waals surface area contributed by atoms with Crippen molar-refractivity contribution < 1.29 is 23.8 Å². The van der Waals surface area contributed by atoms with Crippen LogP contribution in [-0.4, -0.2) is 46.2 Å². The Labute approximate surface area is 209 Å². The normalized spacial score (nSPS) is 10.9. The molecular weight excluding hydrogens is 472 g/mol. The SMILES string of the molecule is C=C/C=C(\C=C)NC(=O)c1cc(N=C(N)NC(=O)c2cc(OC)cc(OC)c2)ccc1Cl.COC. The molecule has 0 aliphatic heterocycles. The van der Waals surface area contributed by atoms with Crippen LogP contribution in [0.2, 0.25) is 5.02 Å². The number of methoxy groups -OCH3 is 3. The van der Waals surface area contributed by atoms with E-state index in [1.54, 1.807) is 32.4 Å². The summed E-state index contributed by atoms with van der Waals surface area (Å²) in [6.07, 6.45) is 4.57. The van der Waals surface area contributed by atoms with E-state index in [2.05, 4.69) is 33.5 Å². The van der Waals surface area contributed by atoms with Crippen LogP contribution < -0.4 is 25.8 Å². The number of hydrogen-bond acceptors (Lipinski definition) is 6. The van der Waals surface area contributed by atoms with E-state index in [-0.39, 0.29) is 22.1 Å². The Balaban J connectivity index is 0.00000194. The molecule has 0 atom stereocenters. The molecule has 0 bridgehead atoms. The van der Waals surface area contributed by atoms with E-state index in [0.29, 0.717) is 22.9 Å². The minimum Gasteiger partial charge on any atom is -0.497 e. The summed E-state index contributed by atoms with van der Waals surface area (Å²) < 4.78 is 14.6. The second-order valence-electron chi connectivity index (χ2n) is 6.64. The lowest BCUT2D eigenvalue weighted by atomic mass is 10.1. The molecule has 0 aliphatic rings. The summed E-state index contributed by atoms with van der Waals surface area (Å²) in [5, 5.41) is 5.35. The van der Waals surface area contributed by atoms with Crippen molar-refractivity contribution in [1.29, 1.82) is 0 Å². The Kier molecular flexibility index (Phi) is 12.4. The van der Waals surface area contributed by atoms with Crippen molar-refractivity contribution in [1.82, 2.24) is 10.6 Å². The van der Waals surface area contributed by atoms with Crippen molar-refractivity contribution in [3.8, 4) is 11.5 Å². The lowest BCUT2D eigenvalue weighted by Gasteiger charge is -2.10. The van der Waals surface area contributed by atoms with Crippen LogP contribution in [0.3, 0.4) is 0 Å². The number of nitrogens with two attached hydrogens (primary N) is 1. The topological polar surface area (TPSA) is 124 Å². The predicted molar refractivity (Wildman–Crippen MR) is 139 cm³/mol. The van der Waals surface area contributed by atoms with Gasteiger partial charge in [0.2, 0.25) is 5.96 Å². The number of carbonyl (C=O) groups excluding carboxylic acids is 2. The van der Waals surface area contributed by atoms with Gasteiger partial charge in [-0.25, -0.2) is 4.99 Å². The zero-order valence-corrected chi connectivity index (χ0v) is 20.8. The van der Waals surface area contributed by atoms with Crippen molar-refractivity contribution in [2.75, 3.05) is 28.4 Å². The second-order valence-corrected chi connectivity index (χ2v) is 7.05. The van der Waals surface area contributed by atoms with Crippen molar-refractivity contribution in [3.63, 3.8) is 0 Å². The number of amides is 2. The van der Waals surface area contributed by atoms with Gasteiger partial charge in [0.25, 0.3) is 11.8 Å². The van der Waals surface area contributed by atoms with Crippen LogP contribution in [0.1, 0.15) is 20.7 Å². The lowest BCUT2D eigenvalue weighted by molar-refractivity contribution is 0.0962. The molecule has 9 nitrogen and oxygen atoms in total. The quantitative estimate of drug-likeness (QED) is 0.286. The van der Waals surface area contributed by atoms with Gasteiger partial charge in [0.15, 0.2) is 0 Å². The third-order valence-corrected chi connectivity index (χ3v) is 4.40. The zero-order chi connectivity index (χ0) is 26.4. The molecular formula is C25H29ClN4O5. The molecule has 4 N–H and O–H groups in total. The first-order chi connectivity index (χ1) is 16.7. The number of allylic oxidation sites excluding steroid dienone is 3. The summed E-state index contributed by atoms with van der Waals surface area (Å²) in [7, 11) is 6.21. The van der Waals surface area contributed by atoms with Crippen LogP contribution >= 0.6 is 11.6 Å². The molecule has 0 unspecified atom stereocenters. The van der Waals surface area contributed by atoms with Gasteiger partial charge >= 0.3 is 0 Å². The summed E-state index contributed by atoms with van der Waals surface area (Å²) in [6, 6.07) is 9.20. The highest BCUT2D eigenvalue weighted by Gasteiger charge is 2.14. The highest BCUT2D eigenvalue weighted by molar-refractivity contribution is 6.34. The molecule has 35 heavy (non-hydrogen) atoms. The number of nitrogens with one attached hydrogen (secondary N) is 2. The van der Waals surface area contributed by atoms with Crippen LogP contribution in [0.15, 0.2) is 78.5 Å². The number of aliphatic imine (C=N–C) groups is 1. The molecule has 0 spiro atoms. The van der Waals surface area contributed by atoms with Crippen molar-refractivity contribution >= 4 is 35.1 Å². The van der Waals surface area contributed by atoms with Gasteiger partial charge < -0.3 is 25.3 Å². The number of benzene rings is 2. The maximum atomic E-state index is 12.5. The van der Waals surface area contributed by atoms with Gasteiger partial charge in [-0.15, -0.1) is 0 Å². The van der Waals surface area contributed by atoms with Crippen molar-refractivity contribution in [2.45, 2.75) is 0 Å². The van der Waals surface area contributed by atoms with Crippen LogP contribution in [-0.2, 0) is 4.74 Å². The largest absolute Gasteiger partial charge is 0.497 e. The number of hydrogen-bond donors (Lipinski definition) is 3. The van der Waals surface area contributed by atoms with E-state index < -0.39 is 11.8 Å². The Hall–Kier alpha value is -4.08. The molecule has 2 rings (SSSR count).